The highest BCUT2D eigenvalue weighted by molar-refractivity contribution is 7.99. The van der Waals surface area contributed by atoms with E-state index in [1.807, 2.05) is 24.3 Å². The van der Waals surface area contributed by atoms with Crippen molar-refractivity contribution in [2.45, 2.75) is 38.5 Å². The van der Waals surface area contributed by atoms with Gasteiger partial charge >= 0.3 is 0 Å². The number of rotatable bonds is 8. The molecule has 7 heteroatoms. The molecule has 5 aromatic rings. The van der Waals surface area contributed by atoms with Crippen molar-refractivity contribution < 1.29 is 4.79 Å². The maximum atomic E-state index is 12.7. The number of fused-ring (bicyclic) bond motifs is 3. The summed E-state index contributed by atoms with van der Waals surface area (Å²) in [7, 11) is 0. The molecule has 2 aromatic heterocycles. The van der Waals surface area contributed by atoms with E-state index in [0.29, 0.717) is 0 Å². The van der Waals surface area contributed by atoms with Crippen molar-refractivity contribution in [3.05, 3.63) is 84.2 Å². The summed E-state index contributed by atoms with van der Waals surface area (Å²) in [6.07, 6.45) is 0.722. The summed E-state index contributed by atoms with van der Waals surface area (Å²) in [4.78, 5) is 12.7. The van der Waals surface area contributed by atoms with E-state index in [4.69, 9.17) is 0 Å². The molecule has 0 unspecified atom stereocenters. The minimum atomic E-state index is -0.0566. The molecule has 5 rings (SSSR count). The first-order chi connectivity index (χ1) is 16.7. The van der Waals surface area contributed by atoms with Gasteiger partial charge in [0, 0.05) is 47.0 Å². The molecule has 1 amide bonds. The lowest BCUT2D eigenvalue weighted by atomic mass is 10.1. The first-order valence-electron chi connectivity index (χ1n) is 11.6. The van der Waals surface area contributed by atoms with Crippen LogP contribution in [0.4, 0.5) is 5.69 Å². The van der Waals surface area contributed by atoms with Crippen molar-refractivity contribution in [2.75, 3.05) is 11.1 Å². The third-order valence-corrected chi connectivity index (χ3v) is 6.99. The maximum absolute atomic E-state index is 12.7. The number of carbonyl (C=O) groups excluding carboxylic acids is 1. The predicted octanol–water partition coefficient (Wildman–Crippen LogP) is 5.75. The summed E-state index contributed by atoms with van der Waals surface area (Å²) in [5.41, 5.74) is 4.39. The summed E-state index contributed by atoms with van der Waals surface area (Å²) < 4.78 is 4.38. The molecular weight excluding hydrogens is 442 g/mol. The summed E-state index contributed by atoms with van der Waals surface area (Å²) in [5.74, 6) is 1.13. The van der Waals surface area contributed by atoms with Gasteiger partial charge in [-0.25, -0.2) is 0 Å². The number of para-hydroxylation sites is 1. The minimum absolute atomic E-state index is 0.0566. The smallest absolute Gasteiger partial charge is 0.234 e. The van der Waals surface area contributed by atoms with Gasteiger partial charge in [-0.1, -0.05) is 60.3 Å². The first kappa shape index (κ1) is 22.2. The SMILES string of the molecule is CCn1c(Cc2ccccc2)nnc1SCC(=O)Nc1ccc2c(c1)c1ccccc1n2CC. The number of hydrogen-bond donors (Lipinski definition) is 1. The van der Waals surface area contributed by atoms with Gasteiger partial charge in [0.15, 0.2) is 5.16 Å². The van der Waals surface area contributed by atoms with E-state index in [9.17, 15) is 4.79 Å². The zero-order valence-corrected chi connectivity index (χ0v) is 20.2. The molecule has 0 saturated carbocycles. The van der Waals surface area contributed by atoms with Gasteiger partial charge in [0.1, 0.15) is 5.82 Å². The van der Waals surface area contributed by atoms with E-state index in [0.717, 1.165) is 41.6 Å². The first-order valence-corrected chi connectivity index (χ1v) is 12.6. The molecule has 6 nitrogen and oxygen atoms in total. The average molecular weight is 470 g/mol. The van der Waals surface area contributed by atoms with E-state index >= 15 is 0 Å². The van der Waals surface area contributed by atoms with Crippen LogP contribution in [0.5, 0.6) is 0 Å². The topological polar surface area (TPSA) is 64.7 Å². The van der Waals surface area contributed by atoms with E-state index < -0.39 is 0 Å². The van der Waals surface area contributed by atoms with Gasteiger partial charge in [-0.05, 0) is 43.7 Å². The summed E-state index contributed by atoms with van der Waals surface area (Å²) >= 11 is 1.42. The minimum Gasteiger partial charge on any atom is -0.341 e. The van der Waals surface area contributed by atoms with Crippen LogP contribution in [0.2, 0.25) is 0 Å². The average Bonchev–Trinajstić information content (AvgIpc) is 3.40. The van der Waals surface area contributed by atoms with Gasteiger partial charge in [0.25, 0.3) is 0 Å². The third-order valence-electron chi connectivity index (χ3n) is 6.02. The monoisotopic (exact) mass is 469 g/mol. The molecule has 2 heterocycles. The Kier molecular flexibility index (Phi) is 6.36. The molecule has 0 bridgehead atoms. The normalized spacial score (nSPS) is 11.4. The van der Waals surface area contributed by atoms with Crippen LogP contribution in [0.3, 0.4) is 0 Å². The van der Waals surface area contributed by atoms with Crippen LogP contribution >= 0.6 is 11.8 Å². The molecule has 1 N–H and O–H groups in total. The van der Waals surface area contributed by atoms with Crippen molar-refractivity contribution in [1.29, 1.82) is 0 Å². The van der Waals surface area contributed by atoms with Crippen molar-refractivity contribution in [3.8, 4) is 0 Å². The second-order valence-corrected chi connectivity index (χ2v) is 9.08. The van der Waals surface area contributed by atoms with Crippen LogP contribution < -0.4 is 5.32 Å². The van der Waals surface area contributed by atoms with Crippen LogP contribution in [-0.4, -0.2) is 31.0 Å². The third kappa shape index (κ3) is 4.31. The zero-order valence-electron chi connectivity index (χ0n) is 19.4. The van der Waals surface area contributed by atoms with Gasteiger partial charge in [-0.3, -0.25) is 4.79 Å². The molecule has 0 saturated heterocycles. The molecule has 172 valence electrons. The number of anilines is 1. The predicted molar refractivity (Wildman–Crippen MR) is 139 cm³/mol. The molecule has 0 aliphatic heterocycles. The van der Waals surface area contributed by atoms with Gasteiger partial charge in [0.2, 0.25) is 5.91 Å². The Hall–Kier alpha value is -3.58. The lowest BCUT2D eigenvalue weighted by Crippen LogP contribution is -2.14. The molecule has 0 spiro atoms. The fourth-order valence-corrected chi connectivity index (χ4v) is 5.27. The second kappa shape index (κ2) is 9.73. The van der Waals surface area contributed by atoms with Crippen molar-refractivity contribution >= 4 is 45.2 Å². The molecule has 0 atom stereocenters. The van der Waals surface area contributed by atoms with E-state index in [-0.39, 0.29) is 11.7 Å². The molecule has 0 radical (unpaired) electrons. The maximum Gasteiger partial charge on any atom is 0.234 e. The van der Waals surface area contributed by atoms with Crippen LogP contribution in [0, 0.1) is 0 Å². The number of nitrogens with one attached hydrogen (secondary N) is 1. The van der Waals surface area contributed by atoms with Crippen molar-refractivity contribution in [3.63, 3.8) is 0 Å². The van der Waals surface area contributed by atoms with E-state index in [2.05, 4.69) is 87.0 Å². The summed E-state index contributed by atoms with van der Waals surface area (Å²) in [6.45, 7) is 5.89. The number of amides is 1. The largest absolute Gasteiger partial charge is 0.341 e. The molecule has 0 aliphatic rings. The Morgan fingerprint density at radius 1 is 0.853 bits per heavy atom. The highest BCUT2D eigenvalue weighted by atomic mass is 32.2. The fourth-order valence-electron chi connectivity index (χ4n) is 4.45. The van der Waals surface area contributed by atoms with Crippen LogP contribution in [-0.2, 0) is 24.3 Å². The van der Waals surface area contributed by atoms with E-state index in [1.54, 1.807) is 0 Å². The zero-order chi connectivity index (χ0) is 23.5. The van der Waals surface area contributed by atoms with Crippen molar-refractivity contribution in [1.82, 2.24) is 19.3 Å². The molecule has 0 fully saturated rings. The number of nitrogens with zero attached hydrogens (tertiary/aromatic N) is 4. The lowest BCUT2D eigenvalue weighted by Gasteiger charge is -2.08. The molecule has 3 aromatic carbocycles. The van der Waals surface area contributed by atoms with Gasteiger partial charge in [-0.15, -0.1) is 10.2 Å². The van der Waals surface area contributed by atoms with Crippen LogP contribution in [0.25, 0.3) is 21.8 Å². The van der Waals surface area contributed by atoms with Gasteiger partial charge < -0.3 is 14.5 Å². The Morgan fingerprint density at radius 3 is 2.38 bits per heavy atom. The molecule has 0 aliphatic carbocycles. The number of carbonyl (C=O) groups is 1. The number of aromatic nitrogens is 4. The van der Waals surface area contributed by atoms with Gasteiger partial charge in [0.05, 0.1) is 5.75 Å². The van der Waals surface area contributed by atoms with Crippen molar-refractivity contribution in [2.24, 2.45) is 0 Å². The number of benzene rings is 3. The van der Waals surface area contributed by atoms with Gasteiger partial charge in [-0.2, -0.15) is 0 Å². The highest BCUT2D eigenvalue weighted by Crippen LogP contribution is 2.31. The Bertz CT molecular complexity index is 1450. The van der Waals surface area contributed by atoms with E-state index in [1.165, 1.54) is 33.7 Å². The second-order valence-electron chi connectivity index (χ2n) is 8.14. The highest BCUT2D eigenvalue weighted by Gasteiger charge is 2.15. The van der Waals surface area contributed by atoms with Crippen LogP contribution in [0.15, 0.2) is 78.0 Å². The standard InChI is InChI=1S/C27H27N5OS/c1-3-31-23-13-9-8-12-21(23)22-17-20(14-15-24(22)31)28-26(33)18-34-27-30-29-25(32(27)4-2)16-19-10-6-5-7-11-19/h5-15,17H,3-4,16,18H2,1-2H3,(H,28,33). The summed E-state index contributed by atoms with van der Waals surface area (Å²) in [6, 6.07) is 24.8. The fraction of sp³-hybridized carbons (Fsp3) is 0.222. The number of hydrogen-bond acceptors (Lipinski definition) is 4. The summed E-state index contributed by atoms with van der Waals surface area (Å²) in [5, 5.41) is 14.9. The molecule has 34 heavy (non-hydrogen) atoms. The Morgan fingerprint density at radius 2 is 1.59 bits per heavy atom. The quantitative estimate of drug-likeness (QED) is 0.294. The van der Waals surface area contributed by atoms with Crippen LogP contribution in [0.1, 0.15) is 25.2 Å². The lowest BCUT2D eigenvalue weighted by molar-refractivity contribution is -0.113. The number of thioether (sulfide) groups is 1. The Balaban J connectivity index is 1.29. The Labute approximate surface area is 203 Å². The number of aryl methyl sites for hydroxylation is 1. The molecular formula is C27H27N5OS.